The molecule has 0 unspecified atom stereocenters. The molecule has 6 heteroatoms. The van der Waals surface area contributed by atoms with Crippen molar-refractivity contribution in [3.05, 3.63) is 54.4 Å². The van der Waals surface area contributed by atoms with Gasteiger partial charge >= 0.3 is 6.03 Å². The number of piperidine rings is 1. The van der Waals surface area contributed by atoms with Gasteiger partial charge in [-0.1, -0.05) is 12.1 Å². The Morgan fingerprint density at radius 2 is 2.00 bits per heavy atom. The highest BCUT2D eigenvalue weighted by atomic mass is 16.5. The summed E-state index contributed by atoms with van der Waals surface area (Å²) in [5.41, 5.74) is 4.17. The van der Waals surface area contributed by atoms with E-state index < -0.39 is 0 Å². The van der Waals surface area contributed by atoms with Gasteiger partial charge < -0.3 is 19.5 Å². The molecule has 0 bridgehead atoms. The lowest BCUT2D eigenvalue weighted by molar-refractivity contribution is 0.184. The summed E-state index contributed by atoms with van der Waals surface area (Å²) >= 11 is 0. The largest absolute Gasteiger partial charge is 0.497 e. The first kappa shape index (κ1) is 17.4. The van der Waals surface area contributed by atoms with E-state index in [-0.39, 0.29) is 6.03 Å². The minimum Gasteiger partial charge on any atom is -0.497 e. The first-order valence-corrected chi connectivity index (χ1v) is 9.27. The Hall–Kier alpha value is -3.02. The summed E-state index contributed by atoms with van der Waals surface area (Å²) in [7, 11) is 1.62. The second-order valence-electron chi connectivity index (χ2n) is 7.02. The van der Waals surface area contributed by atoms with E-state index in [0.29, 0.717) is 6.04 Å². The quantitative estimate of drug-likeness (QED) is 0.757. The molecular weight excluding hydrogens is 340 g/mol. The molecule has 1 saturated heterocycles. The highest BCUT2D eigenvalue weighted by Crippen LogP contribution is 2.27. The standard InChI is InChI=1S/C21H24N4O2/c1-15-6-7-20-19(12-15)22-14-25(20)17-8-10-24(11-9-17)21(26)23-16-4-3-5-18(13-16)27-2/h3-7,12-14,17H,8-11H2,1-2H3,(H,23,26). The minimum atomic E-state index is -0.0622. The third kappa shape index (κ3) is 3.60. The van der Waals surface area contributed by atoms with Gasteiger partial charge in [0.15, 0.2) is 0 Å². The Morgan fingerprint density at radius 1 is 1.19 bits per heavy atom. The molecule has 2 aromatic carbocycles. The average molecular weight is 364 g/mol. The van der Waals surface area contributed by atoms with Crippen LogP contribution in [0.1, 0.15) is 24.4 Å². The van der Waals surface area contributed by atoms with E-state index in [2.05, 4.69) is 40.0 Å². The smallest absolute Gasteiger partial charge is 0.321 e. The van der Waals surface area contributed by atoms with Gasteiger partial charge in [-0.25, -0.2) is 9.78 Å². The summed E-state index contributed by atoms with van der Waals surface area (Å²) in [6.45, 7) is 3.54. The van der Waals surface area contributed by atoms with Crippen LogP contribution in [-0.2, 0) is 0 Å². The number of methoxy groups -OCH3 is 1. The Bertz CT molecular complexity index is 958. The number of carbonyl (C=O) groups excluding carboxylic acids is 1. The Morgan fingerprint density at radius 3 is 2.78 bits per heavy atom. The number of nitrogens with one attached hydrogen (secondary N) is 1. The molecule has 4 rings (SSSR count). The zero-order valence-corrected chi connectivity index (χ0v) is 15.7. The molecule has 1 aliphatic heterocycles. The monoisotopic (exact) mass is 364 g/mol. The van der Waals surface area contributed by atoms with Gasteiger partial charge in [0.1, 0.15) is 5.75 Å². The summed E-state index contributed by atoms with van der Waals surface area (Å²) in [5.74, 6) is 0.730. The normalized spacial score (nSPS) is 15.1. The number of aryl methyl sites for hydroxylation is 1. The van der Waals surface area contributed by atoms with Crippen molar-refractivity contribution in [2.45, 2.75) is 25.8 Å². The number of aromatic nitrogens is 2. The van der Waals surface area contributed by atoms with Crippen molar-refractivity contribution in [2.24, 2.45) is 0 Å². The molecule has 2 heterocycles. The molecule has 2 amide bonds. The van der Waals surface area contributed by atoms with Gasteiger partial charge in [0.05, 0.1) is 24.5 Å². The van der Waals surface area contributed by atoms with Crippen LogP contribution in [0.5, 0.6) is 5.75 Å². The zero-order chi connectivity index (χ0) is 18.8. The molecule has 27 heavy (non-hydrogen) atoms. The van der Waals surface area contributed by atoms with Crippen molar-refractivity contribution in [1.82, 2.24) is 14.5 Å². The van der Waals surface area contributed by atoms with Gasteiger partial charge in [-0.15, -0.1) is 0 Å². The maximum absolute atomic E-state index is 12.6. The molecule has 0 saturated carbocycles. The van der Waals surface area contributed by atoms with E-state index in [1.807, 2.05) is 35.5 Å². The van der Waals surface area contributed by atoms with Gasteiger partial charge in [0, 0.05) is 30.9 Å². The van der Waals surface area contributed by atoms with E-state index in [4.69, 9.17) is 4.74 Å². The molecule has 3 aromatic rings. The first-order valence-electron chi connectivity index (χ1n) is 9.27. The molecule has 0 radical (unpaired) electrons. The van der Waals surface area contributed by atoms with Gasteiger partial charge in [-0.3, -0.25) is 0 Å². The Labute approximate surface area is 158 Å². The topological polar surface area (TPSA) is 59.4 Å². The molecule has 140 valence electrons. The fourth-order valence-corrected chi connectivity index (χ4v) is 3.68. The van der Waals surface area contributed by atoms with Crippen molar-refractivity contribution in [1.29, 1.82) is 0 Å². The molecule has 6 nitrogen and oxygen atoms in total. The lowest BCUT2D eigenvalue weighted by Crippen LogP contribution is -2.41. The van der Waals surface area contributed by atoms with Gasteiger partial charge in [0.25, 0.3) is 0 Å². The number of benzene rings is 2. The Kier molecular flexibility index (Phi) is 4.71. The molecule has 0 atom stereocenters. The lowest BCUT2D eigenvalue weighted by atomic mass is 10.0. The van der Waals surface area contributed by atoms with Crippen LogP contribution in [0.25, 0.3) is 11.0 Å². The number of imidazole rings is 1. The second kappa shape index (κ2) is 7.31. The maximum Gasteiger partial charge on any atom is 0.321 e. The molecule has 0 spiro atoms. The van der Waals surface area contributed by atoms with Crippen molar-refractivity contribution in [3.63, 3.8) is 0 Å². The number of likely N-dealkylation sites (tertiary alicyclic amines) is 1. The maximum atomic E-state index is 12.6. The van der Waals surface area contributed by atoms with Crippen LogP contribution in [-0.4, -0.2) is 40.7 Å². The predicted octanol–water partition coefficient (Wildman–Crippen LogP) is 4.22. The van der Waals surface area contributed by atoms with Crippen LogP contribution in [0.15, 0.2) is 48.8 Å². The van der Waals surface area contributed by atoms with E-state index >= 15 is 0 Å². The summed E-state index contributed by atoms with van der Waals surface area (Å²) in [6.07, 6.45) is 3.77. The third-order valence-electron chi connectivity index (χ3n) is 5.20. The summed E-state index contributed by atoms with van der Waals surface area (Å²) in [6, 6.07) is 14.1. The molecule has 1 aromatic heterocycles. The number of anilines is 1. The van der Waals surface area contributed by atoms with Crippen molar-refractivity contribution in [3.8, 4) is 5.75 Å². The van der Waals surface area contributed by atoms with Crippen LogP contribution < -0.4 is 10.1 Å². The lowest BCUT2D eigenvalue weighted by Gasteiger charge is -2.33. The van der Waals surface area contributed by atoms with E-state index in [1.54, 1.807) is 7.11 Å². The number of rotatable bonds is 3. The average Bonchev–Trinajstić information content (AvgIpc) is 3.11. The fraction of sp³-hybridized carbons (Fsp3) is 0.333. The second-order valence-corrected chi connectivity index (χ2v) is 7.02. The van der Waals surface area contributed by atoms with Crippen LogP contribution in [0.2, 0.25) is 0 Å². The highest BCUT2D eigenvalue weighted by Gasteiger charge is 2.24. The van der Waals surface area contributed by atoms with Crippen molar-refractivity contribution >= 4 is 22.8 Å². The number of ether oxygens (including phenoxy) is 1. The third-order valence-corrected chi connectivity index (χ3v) is 5.20. The highest BCUT2D eigenvalue weighted by molar-refractivity contribution is 5.89. The van der Waals surface area contributed by atoms with Crippen molar-refractivity contribution in [2.75, 3.05) is 25.5 Å². The number of nitrogens with zero attached hydrogens (tertiary/aromatic N) is 3. The molecule has 1 aliphatic rings. The Balaban J connectivity index is 1.40. The summed E-state index contributed by atoms with van der Waals surface area (Å²) in [5, 5.41) is 2.96. The molecule has 1 fully saturated rings. The number of fused-ring (bicyclic) bond motifs is 1. The van der Waals surface area contributed by atoms with Crippen LogP contribution >= 0.6 is 0 Å². The summed E-state index contributed by atoms with van der Waals surface area (Å²) in [4.78, 5) is 19.0. The SMILES string of the molecule is COc1cccc(NC(=O)N2CCC(n3cnc4cc(C)ccc43)CC2)c1. The number of urea groups is 1. The number of carbonyl (C=O) groups is 1. The number of hydrogen-bond donors (Lipinski definition) is 1. The van der Waals surface area contributed by atoms with E-state index in [1.165, 1.54) is 11.1 Å². The predicted molar refractivity (Wildman–Crippen MR) is 106 cm³/mol. The first-order chi connectivity index (χ1) is 13.1. The number of amides is 2. The van der Waals surface area contributed by atoms with E-state index in [9.17, 15) is 4.79 Å². The molecular formula is C21H24N4O2. The molecule has 0 aliphatic carbocycles. The fourth-order valence-electron chi connectivity index (χ4n) is 3.68. The van der Waals surface area contributed by atoms with Crippen LogP contribution in [0.3, 0.4) is 0 Å². The van der Waals surface area contributed by atoms with Gasteiger partial charge in [-0.05, 0) is 49.6 Å². The van der Waals surface area contributed by atoms with E-state index in [0.717, 1.165) is 42.9 Å². The van der Waals surface area contributed by atoms with Crippen molar-refractivity contribution < 1.29 is 9.53 Å². The van der Waals surface area contributed by atoms with Crippen LogP contribution in [0, 0.1) is 6.92 Å². The van der Waals surface area contributed by atoms with Gasteiger partial charge in [-0.2, -0.15) is 0 Å². The number of hydrogen-bond acceptors (Lipinski definition) is 3. The van der Waals surface area contributed by atoms with Crippen LogP contribution in [0.4, 0.5) is 10.5 Å². The van der Waals surface area contributed by atoms with Gasteiger partial charge in [0.2, 0.25) is 0 Å². The molecule has 1 N–H and O–H groups in total. The summed E-state index contributed by atoms with van der Waals surface area (Å²) < 4.78 is 7.46. The minimum absolute atomic E-state index is 0.0622. The zero-order valence-electron chi connectivity index (χ0n) is 15.7.